The smallest absolute Gasteiger partial charge is 0.188 e. The van der Waals surface area contributed by atoms with E-state index in [1.165, 1.54) is 23.1 Å². The molecule has 2 atom stereocenters. The van der Waals surface area contributed by atoms with Crippen molar-refractivity contribution < 1.29 is 9.47 Å². The van der Waals surface area contributed by atoms with E-state index in [-0.39, 0.29) is 0 Å². The van der Waals surface area contributed by atoms with E-state index < -0.39 is 0 Å². The lowest BCUT2D eigenvalue weighted by molar-refractivity contribution is 0.0504. The summed E-state index contributed by atoms with van der Waals surface area (Å²) in [5.74, 6) is 2.26. The summed E-state index contributed by atoms with van der Waals surface area (Å²) in [5, 5.41) is 0. The van der Waals surface area contributed by atoms with Crippen molar-refractivity contribution in [2.75, 3.05) is 13.9 Å². The molecule has 2 heteroatoms. The third-order valence-corrected chi connectivity index (χ3v) is 3.86. The minimum atomic E-state index is 0.329. The van der Waals surface area contributed by atoms with E-state index in [4.69, 9.17) is 9.47 Å². The van der Waals surface area contributed by atoms with Crippen LogP contribution in [-0.2, 0) is 11.2 Å². The Morgan fingerprint density at radius 3 is 2.53 bits per heavy atom. The van der Waals surface area contributed by atoms with Gasteiger partial charge in [0.25, 0.3) is 0 Å². The summed E-state index contributed by atoms with van der Waals surface area (Å²) >= 11 is 0. The molecule has 17 heavy (non-hydrogen) atoms. The van der Waals surface area contributed by atoms with Gasteiger partial charge in [0.2, 0.25) is 0 Å². The van der Waals surface area contributed by atoms with E-state index in [2.05, 4.69) is 31.2 Å². The van der Waals surface area contributed by atoms with E-state index >= 15 is 0 Å². The van der Waals surface area contributed by atoms with Crippen LogP contribution in [0, 0.1) is 0 Å². The number of methoxy groups -OCH3 is 1. The number of aryl methyl sites for hydroxylation is 1. The number of rotatable bonds is 4. The van der Waals surface area contributed by atoms with E-state index in [1.807, 2.05) is 0 Å². The van der Waals surface area contributed by atoms with Gasteiger partial charge < -0.3 is 9.47 Å². The van der Waals surface area contributed by atoms with Crippen LogP contribution in [0.2, 0.25) is 0 Å². The molecule has 2 aliphatic carbocycles. The summed E-state index contributed by atoms with van der Waals surface area (Å²) in [6.07, 6.45) is 6.94. The first-order valence-corrected chi connectivity index (χ1v) is 6.30. The van der Waals surface area contributed by atoms with Gasteiger partial charge in [0.1, 0.15) is 5.75 Å². The third kappa shape index (κ3) is 1.67. The monoisotopic (exact) mass is 230 g/mol. The molecule has 2 nitrogen and oxygen atoms in total. The van der Waals surface area contributed by atoms with Crippen molar-refractivity contribution in [3.63, 3.8) is 0 Å². The fourth-order valence-electron chi connectivity index (χ4n) is 2.99. The molecular formula is C15H18O2. The first-order valence-electron chi connectivity index (χ1n) is 6.30. The van der Waals surface area contributed by atoms with Crippen LogP contribution in [0.3, 0.4) is 0 Å². The molecule has 0 saturated carbocycles. The Morgan fingerprint density at radius 2 is 1.88 bits per heavy atom. The average Bonchev–Trinajstić information content (AvgIpc) is 2.96. The lowest BCUT2D eigenvalue weighted by atomic mass is 9.93. The summed E-state index contributed by atoms with van der Waals surface area (Å²) in [5.41, 5.74) is 4.27. The molecule has 2 aliphatic rings. The van der Waals surface area contributed by atoms with Gasteiger partial charge in [-0.05, 0) is 35.6 Å². The lowest BCUT2D eigenvalue weighted by Gasteiger charge is -2.16. The molecule has 0 aromatic heterocycles. The molecule has 0 saturated heterocycles. The highest BCUT2D eigenvalue weighted by atomic mass is 16.7. The number of allylic oxidation sites excluding steroid dienone is 2. The molecule has 2 unspecified atom stereocenters. The molecule has 0 radical (unpaired) electrons. The summed E-state index contributed by atoms with van der Waals surface area (Å²) in [4.78, 5) is 0. The molecule has 0 fully saturated rings. The van der Waals surface area contributed by atoms with Gasteiger partial charge in [-0.3, -0.25) is 0 Å². The minimum absolute atomic E-state index is 0.329. The molecule has 90 valence electrons. The van der Waals surface area contributed by atoms with Crippen LogP contribution in [-0.4, -0.2) is 13.9 Å². The largest absolute Gasteiger partial charge is 0.467 e. The van der Waals surface area contributed by atoms with Gasteiger partial charge in [0.15, 0.2) is 6.79 Å². The quantitative estimate of drug-likeness (QED) is 0.583. The molecule has 0 spiro atoms. The van der Waals surface area contributed by atoms with Gasteiger partial charge in [-0.25, -0.2) is 0 Å². The average molecular weight is 230 g/mol. The predicted molar refractivity (Wildman–Crippen MR) is 67.6 cm³/mol. The van der Waals surface area contributed by atoms with Crippen LogP contribution in [0.4, 0.5) is 0 Å². The van der Waals surface area contributed by atoms with Crippen molar-refractivity contribution in [3.05, 3.63) is 41.0 Å². The normalized spacial score (nSPS) is 24.1. The Bertz CT molecular complexity index is 462. The summed E-state index contributed by atoms with van der Waals surface area (Å²) in [6, 6.07) is 4.55. The van der Waals surface area contributed by atoms with Gasteiger partial charge in [-0.15, -0.1) is 0 Å². The Kier molecular flexibility index (Phi) is 2.67. The topological polar surface area (TPSA) is 18.5 Å². The van der Waals surface area contributed by atoms with Gasteiger partial charge in [0.05, 0.1) is 0 Å². The van der Waals surface area contributed by atoms with Crippen molar-refractivity contribution in [3.8, 4) is 5.75 Å². The highest BCUT2D eigenvalue weighted by Crippen LogP contribution is 2.50. The van der Waals surface area contributed by atoms with Crippen LogP contribution in [0.15, 0.2) is 24.3 Å². The predicted octanol–water partition coefficient (Wildman–Crippen LogP) is 3.37. The van der Waals surface area contributed by atoms with E-state index in [1.54, 1.807) is 7.11 Å². The fourth-order valence-corrected chi connectivity index (χ4v) is 2.99. The van der Waals surface area contributed by atoms with Crippen molar-refractivity contribution in [2.45, 2.75) is 31.6 Å². The maximum Gasteiger partial charge on any atom is 0.188 e. The second-order valence-corrected chi connectivity index (χ2v) is 4.83. The Hall–Kier alpha value is -1.28. The van der Waals surface area contributed by atoms with Gasteiger partial charge >= 0.3 is 0 Å². The van der Waals surface area contributed by atoms with Crippen molar-refractivity contribution in [1.82, 2.24) is 0 Å². The van der Waals surface area contributed by atoms with Crippen LogP contribution >= 0.6 is 0 Å². The van der Waals surface area contributed by atoms with Crippen LogP contribution in [0.25, 0.3) is 0 Å². The van der Waals surface area contributed by atoms with Gasteiger partial charge in [0, 0.05) is 18.9 Å². The molecule has 0 aliphatic heterocycles. The van der Waals surface area contributed by atoms with Crippen molar-refractivity contribution in [2.24, 2.45) is 0 Å². The zero-order valence-electron chi connectivity index (χ0n) is 10.4. The molecule has 3 rings (SSSR count). The van der Waals surface area contributed by atoms with E-state index in [0.717, 1.165) is 12.2 Å². The number of hydrogen-bond donors (Lipinski definition) is 0. The standard InChI is InChI=1S/C15H18O2/c1-3-10-7-13-11-4-5-12(6-11)14(13)8-15(10)17-9-16-2/h4-5,7-8,11-12H,3,6,9H2,1-2H3. The Labute approximate surface area is 102 Å². The highest BCUT2D eigenvalue weighted by molar-refractivity contribution is 5.53. The Morgan fingerprint density at radius 1 is 1.18 bits per heavy atom. The third-order valence-electron chi connectivity index (χ3n) is 3.86. The Balaban J connectivity index is 1.98. The van der Waals surface area contributed by atoms with Crippen LogP contribution in [0.1, 0.15) is 41.9 Å². The van der Waals surface area contributed by atoms with Crippen LogP contribution in [0.5, 0.6) is 5.75 Å². The maximum absolute atomic E-state index is 5.66. The summed E-state index contributed by atoms with van der Waals surface area (Å²) in [7, 11) is 1.66. The first kappa shape index (κ1) is 10.8. The molecule has 2 bridgehead atoms. The molecule has 0 N–H and O–H groups in total. The molecular weight excluding hydrogens is 212 g/mol. The summed E-state index contributed by atoms with van der Waals surface area (Å²) < 4.78 is 10.7. The number of benzene rings is 1. The number of hydrogen-bond acceptors (Lipinski definition) is 2. The van der Waals surface area contributed by atoms with E-state index in [9.17, 15) is 0 Å². The molecule has 1 aromatic carbocycles. The molecule has 0 amide bonds. The number of fused-ring (bicyclic) bond motifs is 5. The fraction of sp³-hybridized carbons (Fsp3) is 0.467. The van der Waals surface area contributed by atoms with Crippen molar-refractivity contribution in [1.29, 1.82) is 0 Å². The van der Waals surface area contributed by atoms with Gasteiger partial charge in [-0.2, -0.15) is 0 Å². The lowest BCUT2D eigenvalue weighted by Crippen LogP contribution is -2.04. The zero-order chi connectivity index (χ0) is 11.8. The number of ether oxygens (including phenoxy) is 2. The summed E-state index contributed by atoms with van der Waals surface area (Å²) in [6.45, 7) is 2.50. The molecule has 1 aromatic rings. The zero-order valence-corrected chi connectivity index (χ0v) is 10.4. The SMILES string of the molecule is CCc1cc2c(cc1OCOC)C1C=CC2C1. The molecule has 0 heterocycles. The second kappa shape index (κ2) is 4.19. The van der Waals surface area contributed by atoms with Crippen LogP contribution < -0.4 is 4.74 Å². The highest BCUT2D eigenvalue weighted by Gasteiger charge is 2.33. The first-order chi connectivity index (χ1) is 8.33. The van der Waals surface area contributed by atoms with Crippen molar-refractivity contribution >= 4 is 0 Å². The van der Waals surface area contributed by atoms with E-state index in [0.29, 0.717) is 18.6 Å². The second-order valence-electron chi connectivity index (χ2n) is 4.83. The van der Waals surface area contributed by atoms with Gasteiger partial charge in [-0.1, -0.05) is 25.1 Å². The minimum Gasteiger partial charge on any atom is -0.467 e. The maximum atomic E-state index is 5.66.